The molecular formula is C27H30N8O3. The minimum absolute atomic E-state index is 0.126. The van der Waals surface area contributed by atoms with Crippen LogP contribution in [0.3, 0.4) is 0 Å². The smallest absolute Gasteiger partial charge is 0.231 e. The zero-order valence-corrected chi connectivity index (χ0v) is 21.6. The van der Waals surface area contributed by atoms with Gasteiger partial charge in [-0.05, 0) is 49.2 Å². The molecule has 2 N–H and O–H groups in total. The molecule has 38 heavy (non-hydrogen) atoms. The third-order valence-electron chi connectivity index (χ3n) is 6.44. The van der Waals surface area contributed by atoms with E-state index < -0.39 is 0 Å². The summed E-state index contributed by atoms with van der Waals surface area (Å²) in [7, 11) is 3.32. The highest BCUT2D eigenvalue weighted by Gasteiger charge is 2.24. The highest BCUT2D eigenvalue weighted by molar-refractivity contribution is 5.89. The molecule has 0 saturated carbocycles. The maximum Gasteiger partial charge on any atom is 0.231 e. The van der Waals surface area contributed by atoms with Gasteiger partial charge in [0, 0.05) is 48.7 Å². The van der Waals surface area contributed by atoms with Crippen LogP contribution >= 0.6 is 0 Å². The van der Waals surface area contributed by atoms with Crippen molar-refractivity contribution in [2.24, 2.45) is 0 Å². The molecular weight excluding hydrogens is 484 g/mol. The van der Waals surface area contributed by atoms with Crippen LogP contribution in [0.2, 0.25) is 0 Å². The fourth-order valence-electron chi connectivity index (χ4n) is 4.55. The van der Waals surface area contributed by atoms with Crippen molar-refractivity contribution in [3.05, 3.63) is 61.2 Å². The number of nitrogens with zero attached hydrogens (tertiary/aromatic N) is 6. The van der Waals surface area contributed by atoms with Crippen LogP contribution in [0.4, 0.5) is 23.3 Å². The number of hydrogen-bond donors (Lipinski definition) is 2. The molecule has 0 unspecified atom stereocenters. The van der Waals surface area contributed by atoms with E-state index in [0.717, 1.165) is 54.2 Å². The van der Waals surface area contributed by atoms with E-state index in [2.05, 4.69) is 41.8 Å². The monoisotopic (exact) mass is 514 g/mol. The van der Waals surface area contributed by atoms with Crippen LogP contribution in [0.25, 0.3) is 11.1 Å². The molecule has 0 aliphatic carbocycles. The Morgan fingerprint density at radius 1 is 1.03 bits per heavy atom. The van der Waals surface area contributed by atoms with Crippen molar-refractivity contribution in [3.63, 3.8) is 0 Å². The summed E-state index contributed by atoms with van der Waals surface area (Å²) in [5, 5.41) is 10.6. The first-order valence-electron chi connectivity index (χ1n) is 12.4. The zero-order chi connectivity index (χ0) is 26.5. The molecule has 1 aliphatic rings. The molecule has 3 heterocycles. The van der Waals surface area contributed by atoms with Gasteiger partial charge >= 0.3 is 0 Å². The van der Waals surface area contributed by atoms with Gasteiger partial charge < -0.3 is 25.0 Å². The first-order chi connectivity index (χ1) is 18.5. The molecule has 11 heteroatoms. The number of amides is 1. The van der Waals surface area contributed by atoms with Gasteiger partial charge in [0.1, 0.15) is 17.8 Å². The minimum Gasteiger partial charge on any atom is -0.497 e. The van der Waals surface area contributed by atoms with E-state index in [1.165, 1.54) is 13.3 Å². The fraction of sp³-hybridized carbons (Fsp3) is 0.296. The third-order valence-corrected chi connectivity index (χ3v) is 6.44. The Morgan fingerprint density at radius 2 is 1.84 bits per heavy atom. The van der Waals surface area contributed by atoms with Crippen LogP contribution in [0.15, 0.2) is 61.2 Å². The molecule has 11 nitrogen and oxygen atoms in total. The second kappa shape index (κ2) is 11.2. The van der Waals surface area contributed by atoms with Crippen LogP contribution in [0.1, 0.15) is 25.8 Å². The first-order valence-corrected chi connectivity index (χ1v) is 12.4. The van der Waals surface area contributed by atoms with Crippen molar-refractivity contribution in [1.82, 2.24) is 24.7 Å². The van der Waals surface area contributed by atoms with Crippen molar-refractivity contribution >= 4 is 29.2 Å². The number of methoxy groups -OCH3 is 2. The SMILES string of the molecule is COc1ccc(OC)c(-c2cnn(C3CCN(c4ncnc(Nc5cccc(NC(C)=O)c5)n4)CC3)c2)c1. The van der Waals surface area contributed by atoms with E-state index in [-0.39, 0.29) is 11.9 Å². The second-order valence-electron chi connectivity index (χ2n) is 8.99. The molecule has 196 valence electrons. The quantitative estimate of drug-likeness (QED) is 0.355. The van der Waals surface area contributed by atoms with E-state index in [1.54, 1.807) is 14.2 Å². The van der Waals surface area contributed by atoms with Gasteiger partial charge in [-0.2, -0.15) is 10.1 Å². The molecule has 1 aliphatic heterocycles. The number of nitrogens with one attached hydrogen (secondary N) is 2. The van der Waals surface area contributed by atoms with Gasteiger partial charge in [-0.25, -0.2) is 9.97 Å². The number of carbonyl (C=O) groups excluding carboxylic acids is 1. The molecule has 4 aromatic rings. The summed E-state index contributed by atoms with van der Waals surface area (Å²) in [4.78, 5) is 26.8. The van der Waals surface area contributed by atoms with Gasteiger partial charge in [0.25, 0.3) is 0 Å². The Bertz CT molecular complexity index is 1410. The largest absolute Gasteiger partial charge is 0.497 e. The Morgan fingerprint density at radius 3 is 2.61 bits per heavy atom. The van der Waals surface area contributed by atoms with Crippen molar-refractivity contribution in [2.45, 2.75) is 25.8 Å². The predicted octanol–water partition coefficient (Wildman–Crippen LogP) is 4.30. The van der Waals surface area contributed by atoms with E-state index in [4.69, 9.17) is 9.47 Å². The van der Waals surface area contributed by atoms with Gasteiger partial charge in [0.15, 0.2) is 0 Å². The summed E-state index contributed by atoms with van der Waals surface area (Å²) >= 11 is 0. The van der Waals surface area contributed by atoms with Crippen molar-refractivity contribution < 1.29 is 14.3 Å². The predicted molar refractivity (Wildman–Crippen MR) is 145 cm³/mol. The summed E-state index contributed by atoms with van der Waals surface area (Å²) < 4.78 is 13.0. The minimum atomic E-state index is -0.126. The van der Waals surface area contributed by atoms with Gasteiger partial charge in [0.2, 0.25) is 17.8 Å². The Balaban J connectivity index is 1.23. The van der Waals surface area contributed by atoms with Crippen LogP contribution in [-0.2, 0) is 4.79 Å². The van der Waals surface area contributed by atoms with Gasteiger partial charge in [-0.15, -0.1) is 0 Å². The summed E-state index contributed by atoms with van der Waals surface area (Å²) in [5.74, 6) is 2.50. The van der Waals surface area contributed by atoms with E-state index in [0.29, 0.717) is 17.6 Å². The van der Waals surface area contributed by atoms with Crippen LogP contribution in [0, 0.1) is 0 Å². The molecule has 2 aromatic heterocycles. The normalized spacial score (nSPS) is 13.7. The standard InChI is InChI=1S/C27H30N8O3/c1-18(36)31-20-5-4-6-21(13-20)32-26-28-17-29-27(33-26)34-11-9-22(10-12-34)35-16-19(15-30-35)24-14-23(37-2)7-8-25(24)38-3/h4-8,13-17,22H,9-12H2,1-3H3,(H,31,36)(H,28,29,32,33). The van der Waals surface area contributed by atoms with E-state index in [9.17, 15) is 4.79 Å². The lowest BCUT2D eigenvalue weighted by atomic mass is 10.1. The number of ether oxygens (including phenoxy) is 2. The van der Waals surface area contributed by atoms with E-state index >= 15 is 0 Å². The molecule has 1 saturated heterocycles. The fourth-order valence-corrected chi connectivity index (χ4v) is 4.55. The Kier molecular flexibility index (Phi) is 7.34. The van der Waals surface area contributed by atoms with Crippen molar-refractivity contribution in [3.8, 4) is 22.6 Å². The summed E-state index contributed by atoms with van der Waals surface area (Å²) in [5.41, 5.74) is 3.40. The summed E-state index contributed by atoms with van der Waals surface area (Å²) in [6.07, 6.45) is 7.26. The Labute approximate surface area is 220 Å². The van der Waals surface area contributed by atoms with Gasteiger partial charge in [-0.1, -0.05) is 6.07 Å². The number of rotatable bonds is 8. The van der Waals surface area contributed by atoms with Crippen LogP contribution in [0.5, 0.6) is 11.5 Å². The maximum atomic E-state index is 11.3. The molecule has 1 amide bonds. The summed E-state index contributed by atoms with van der Waals surface area (Å²) in [6, 6.07) is 13.4. The average molecular weight is 515 g/mol. The van der Waals surface area contributed by atoms with Gasteiger partial charge in [-0.3, -0.25) is 9.48 Å². The number of carbonyl (C=O) groups is 1. The zero-order valence-electron chi connectivity index (χ0n) is 21.6. The number of hydrogen-bond acceptors (Lipinski definition) is 9. The number of benzene rings is 2. The molecule has 0 bridgehead atoms. The maximum absolute atomic E-state index is 11.3. The highest BCUT2D eigenvalue weighted by Crippen LogP contribution is 2.34. The number of aromatic nitrogens is 5. The third kappa shape index (κ3) is 5.66. The number of anilines is 4. The average Bonchev–Trinajstić information content (AvgIpc) is 3.43. The molecule has 5 rings (SSSR count). The molecule has 0 atom stereocenters. The first kappa shape index (κ1) is 25.0. The molecule has 2 aromatic carbocycles. The van der Waals surface area contributed by atoms with Crippen LogP contribution < -0.4 is 25.0 Å². The number of piperidine rings is 1. The van der Waals surface area contributed by atoms with Crippen molar-refractivity contribution in [1.29, 1.82) is 0 Å². The van der Waals surface area contributed by atoms with E-state index in [1.807, 2.05) is 53.3 Å². The summed E-state index contributed by atoms with van der Waals surface area (Å²) in [6.45, 7) is 3.07. The van der Waals surface area contributed by atoms with Crippen LogP contribution in [-0.4, -0.2) is 57.9 Å². The van der Waals surface area contributed by atoms with Crippen molar-refractivity contribution in [2.75, 3.05) is 42.8 Å². The Hall–Kier alpha value is -4.67. The lowest BCUT2D eigenvalue weighted by Crippen LogP contribution is -2.36. The molecule has 0 radical (unpaired) electrons. The molecule has 0 spiro atoms. The van der Waals surface area contributed by atoms with Gasteiger partial charge in [0.05, 0.1) is 26.5 Å². The lowest BCUT2D eigenvalue weighted by molar-refractivity contribution is -0.114. The topological polar surface area (TPSA) is 119 Å². The molecule has 1 fully saturated rings. The highest BCUT2D eigenvalue weighted by atomic mass is 16.5. The second-order valence-corrected chi connectivity index (χ2v) is 8.99. The lowest BCUT2D eigenvalue weighted by Gasteiger charge is -2.32.